The zero-order valence-electron chi connectivity index (χ0n) is 25.0. The van der Waals surface area contributed by atoms with Gasteiger partial charge in [0, 0.05) is 16.7 Å². The highest BCUT2D eigenvalue weighted by molar-refractivity contribution is 5.86. The fourth-order valence-corrected chi connectivity index (χ4v) is 6.27. The fourth-order valence-electron chi connectivity index (χ4n) is 6.27. The SMILES string of the molecule is CC1(C)CCC(C)(C)c2cc(-c3ccc(-c4nc(-c5ccc(F)cc5)nc(-c5ccc6ccccc6c5)n4)cc3)ccc21. The van der Waals surface area contributed by atoms with Crippen LogP contribution in [0.15, 0.2) is 109 Å². The summed E-state index contributed by atoms with van der Waals surface area (Å²) < 4.78 is 13.7. The molecule has 0 atom stereocenters. The molecular weight excluding hydrogens is 529 g/mol. The molecule has 5 aromatic carbocycles. The van der Waals surface area contributed by atoms with Gasteiger partial charge >= 0.3 is 0 Å². The van der Waals surface area contributed by atoms with Gasteiger partial charge in [0.25, 0.3) is 0 Å². The molecule has 0 unspecified atom stereocenters. The maximum Gasteiger partial charge on any atom is 0.164 e. The van der Waals surface area contributed by atoms with Crippen molar-refractivity contribution in [3.63, 3.8) is 0 Å². The highest BCUT2D eigenvalue weighted by Crippen LogP contribution is 2.46. The molecule has 7 rings (SSSR count). The standard InChI is InChI=1S/C39H34FN3/c1-38(2)21-22-39(3,4)34-24-30(17-20-33(34)38)26-9-12-27(13-10-26)35-41-36(28-15-18-32(40)19-16-28)43-37(42-35)31-14-11-25-7-5-6-8-29(25)23-31/h5-20,23-24H,21-22H2,1-4H3. The van der Waals surface area contributed by atoms with Gasteiger partial charge in [0.2, 0.25) is 0 Å². The molecule has 0 N–H and O–H groups in total. The summed E-state index contributed by atoms with van der Waals surface area (Å²) in [5.41, 5.74) is 8.18. The maximum absolute atomic E-state index is 13.7. The highest BCUT2D eigenvalue weighted by Gasteiger charge is 2.37. The summed E-state index contributed by atoms with van der Waals surface area (Å²) in [6.45, 7) is 9.44. The lowest BCUT2D eigenvalue weighted by Crippen LogP contribution is -2.33. The van der Waals surface area contributed by atoms with Crippen LogP contribution in [-0.2, 0) is 10.8 Å². The van der Waals surface area contributed by atoms with Crippen molar-refractivity contribution in [3.8, 4) is 45.3 Å². The molecule has 1 heterocycles. The lowest BCUT2D eigenvalue weighted by Gasteiger charge is -2.42. The summed E-state index contributed by atoms with van der Waals surface area (Å²) in [5.74, 6) is 1.38. The summed E-state index contributed by atoms with van der Waals surface area (Å²) in [7, 11) is 0. The third-order valence-corrected chi connectivity index (χ3v) is 9.07. The predicted molar refractivity (Wildman–Crippen MR) is 174 cm³/mol. The third-order valence-electron chi connectivity index (χ3n) is 9.07. The van der Waals surface area contributed by atoms with E-state index in [1.165, 1.54) is 41.7 Å². The minimum Gasteiger partial charge on any atom is -0.208 e. The molecule has 0 aliphatic heterocycles. The Morgan fingerprint density at radius 3 is 1.60 bits per heavy atom. The molecule has 1 aromatic heterocycles. The van der Waals surface area contributed by atoms with Gasteiger partial charge in [0.15, 0.2) is 17.5 Å². The van der Waals surface area contributed by atoms with Gasteiger partial charge in [0.05, 0.1) is 0 Å². The molecule has 4 heteroatoms. The highest BCUT2D eigenvalue weighted by atomic mass is 19.1. The van der Waals surface area contributed by atoms with Crippen LogP contribution in [-0.4, -0.2) is 15.0 Å². The number of benzene rings is 5. The van der Waals surface area contributed by atoms with Gasteiger partial charge in [0.1, 0.15) is 5.82 Å². The van der Waals surface area contributed by atoms with Gasteiger partial charge in [-0.1, -0.05) is 107 Å². The van der Waals surface area contributed by atoms with Gasteiger partial charge in [-0.15, -0.1) is 0 Å². The number of halogens is 1. The van der Waals surface area contributed by atoms with E-state index in [1.807, 2.05) is 18.2 Å². The minimum atomic E-state index is -0.294. The summed E-state index contributed by atoms with van der Waals surface area (Å²) in [4.78, 5) is 14.6. The molecule has 0 bridgehead atoms. The van der Waals surface area contributed by atoms with Gasteiger partial charge < -0.3 is 0 Å². The first-order chi connectivity index (χ1) is 20.7. The predicted octanol–water partition coefficient (Wildman–Crippen LogP) is 10.2. The molecule has 1 aliphatic rings. The van der Waals surface area contributed by atoms with E-state index >= 15 is 0 Å². The molecule has 1 aliphatic carbocycles. The topological polar surface area (TPSA) is 38.7 Å². The number of aromatic nitrogens is 3. The van der Waals surface area contributed by atoms with Gasteiger partial charge in [-0.05, 0) is 87.0 Å². The van der Waals surface area contributed by atoms with Crippen LogP contribution < -0.4 is 0 Å². The van der Waals surface area contributed by atoms with Gasteiger partial charge in [-0.3, -0.25) is 0 Å². The van der Waals surface area contributed by atoms with E-state index in [0.29, 0.717) is 17.5 Å². The van der Waals surface area contributed by atoms with Crippen LogP contribution in [0.3, 0.4) is 0 Å². The number of rotatable bonds is 4. The largest absolute Gasteiger partial charge is 0.208 e. The molecule has 6 aromatic rings. The minimum absolute atomic E-state index is 0.154. The van der Waals surface area contributed by atoms with Crippen LogP contribution in [0.1, 0.15) is 51.7 Å². The first-order valence-electron chi connectivity index (χ1n) is 14.9. The van der Waals surface area contributed by atoms with Crippen LogP contribution in [0.4, 0.5) is 4.39 Å². The van der Waals surface area contributed by atoms with Crippen molar-refractivity contribution in [1.29, 1.82) is 0 Å². The Kier molecular flexibility index (Phi) is 6.46. The fraction of sp³-hybridized carbons (Fsp3) is 0.205. The van der Waals surface area contributed by atoms with Crippen LogP contribution in [0, 0.1) is 5.82 Å². The molecule has 0 saturated carbocycles. The molecule has 43 heavy (non-hydrogen) atoms. The Morgan fingerprint density at radius 1 is 0.465 bits per heavy atom. The first kappa shape index (κ1) is 27.2. The Bertz CT molecular complexity index is 1970. The summed E-state index contributed by atoms with van der Waals surface area (Å²) in [6, 6.07) is 36.2. The molecule has 0 fully saturated rings. The quantitative estimate of drug-likeness (QED) is 0.214. The van der Waals surface area contributed by atoms with E-state index in [-0.39, 0.29) is 16.6 Å². The number of hydrogen-bond acceptors (Lipinski definition) is 3. The second kappa shape index (κ2) is 10.2. The lowest BCUT2D eigenvalue weighted by molar-refractivity contribution is 0.332. The van der Waals surface area contributed by atoms with E-state index in [2.05, 4.69) is 94.4 Å². The third kappa shape index (κ3) is 5.12. The average molecular weight is 564 g/mol. The maximum atomic E-state index is 13.7. The van der Waals surface area contributed by atoms with Crippen LogP contribution in [0.5, 0.6) is 0 Å². The molecule has 0 saturated heterocycles. The number of nitrogens with zero attached hydrogens (tertiary/aromatic N) is 3. The second-order valence-corrected chi connectivity index (χ2v) is 13.0. The van der Waals surface area contributed by atoms with E-state index < -0.39 is 0 Å². The van der Waals surface area contributed by atoms with E-state index in [4.69, 9.17) is 15.0 Å². The van der Waals surface area contributed by atoms with Gasteiger partial charge in [-0.25, -0.2) is 19.3 Å². The van der Waals surface area contributed by atoms with Crippen molar-refractivity contribution < 1.29 is 4.39 Å². The van der Waals surface area contributed by atoms with Crippen LogP contribution in [0.2, 0.25) is 0 Å². The average Bonchev–Trinajstić information content (AvgIpc) is 3.03. The van der Waals surface area contributed by atoms with E-state index in [9.17, 15) is 4.39 Å². The summed E-state index contributed by atoms with van der Waals surface area (Å²) >= 11 is 0. The summed E-state index contributed by atoms with van der Waals surface area (Å²) in [6.07, 6.45) is 2.39. The molecule has 3 nitrogen and oxygen atoms in total. The Labute approximate surface area is 252 Å². The number of fused-ring (bicyclic) bond motifs is 2. The molecular formula is C39H34FN3. The van der Waals surface area contributed by atoms with Crippen LogP contribution >= 0.6 is 0 Å². The Hall–Kier alpha value is -4.70. The van der Waals surface area contributed by atoms with Crippen molar-refractivity contribution in [2.75, 3.05) is 0 Å². The van der Waals surface area contributed by atoms with Crippen molar-refractivity contribution in [2.24, 2.45) is 0 Å². The van der Waals surface area contributed by atoms with E-state index in [1.54, 1.807) is 12.1 Å². The van der Waals surface area contributed by atoms with E-state index in [0.717, 1.165) is 33.0 Å². The first-order valence-corrected chi connectivity index (χ1v) is 14.9. The zero-order valence-corrected chi connectivity index (χ0v) is 25.0. The van der Waals surface area contributed by atoms with Gasteiger partial charge in [-0.2, -0.15) is 0 Å². The van der Waals surface area contributed by atoms with Crippen molar-refractivity contribution >= 4 is 10.8 Å². The Balaban J connectivity index is 1.30. The smallest absolute Gasteiger partial charge is 0.164 e. The van der Waals surface area contributed by atoms with Crippen molar-refractivity contribution in [2.45, 2.75) is 51.4 Å². The molecule has 0 amide bonds. The summed E-state index contributed by atoms with van der Waals surface area (Å²) in [5, 5.41) is 2.27. The zero-order chi connectivity index (χ0) is 29.8. The number of hydrogen-bond donors (Lipinski definition) is 0. The second-order valence-electron chi connectivity index (χ2n) is 13.0. The molecule has 0 radical (unpaired) electrons. The van der Waals surface area contributed by atoms with Crippen LogP contribution in [0.25, 0.3) is 56.1 Å². The lowest BCUT2D eigenvalue weighted by atomic mass is 9.63. The van der Waals surface area contributed by atoms with Crippen molar-refractivity contribution in [3.05, 3.63) is 126 Å². The molecule has 0 spiro atoms. The molecule has 212 valence electrons. The normalized spacial score (nSPS) is 15.3. The monoisotopic (exact) mass is 563 g/mol. The Morgan fingerprint density at radius 2 is 0.953 bits per heavy atom. The van der Waals surface area contributed by atoms with Crippen molar-refractivity contribution in [1.82, 2.24) is 15.0 Å².